The van der Waals surface area contributed by atoms with Gasteiger partial charge in [-0.3, -0.25) is 4.79 Å². The lowest BCUT2D eigenvalue weighted by molar-refractivity contribution is -0.123. The smallest absolute Gasteiger partial charge is 0.258 e. The van der Waals surface area contributed by atoms with Crippen LogP contribution in [-0.4, -0.2) is 12.5 Å². The van der Waals surface area contributed by atoms with Crippen LogP contribution in [0, 0.1) is 34.6 Å². The standard InChI is InChI=1S/C21H26ClNO2/c1-12-7-14(3)19(10-13(12)2)17(6)23-20(24)11-25-18-8-15(4)21(22)16(5)9-18/h7-10,17H,11H2,1-6H3,(H,23,24). The molecule has 0 radical (unpaired) electrons. The Morgan fingerprint density at radius 3 is 2.12 bits per heavy atom. The minimum absolute atomic E-state index is 0.0191. The molecule has 0 aliphatic rings. The Balaban J connectivity index is 1.99. The predicted molar refractivity (Wildman–Crippen MR) is 104 cm³/mol. The minimum Gasteiger partial charge on any atom is -0.484 e. The minimum atomic E-state index is -0.143. The number of benzene rings is 2. The van der Waals surface area contributed by atoms with Crippen molar-refractivity contribution < 1.29 is 9.53 Å². The van der Waals surface area contributed by atoms with Crippen molar-refractivity contribution in [3.63, 3.8) is 0 Å². The van der Waals surface area contributed by atoms with Crippen molar-refractivity contribution in [2.24, 2.45) is 0 Å². The molecule has 2 aromatic rings. The third-order valence-electron chi connectivity index (χ3n) is 4.51. The number of ether oxygens (including phenoxy) is 1. The van der Waals surface area contributed by atoms with Gasteiger partial charge in [-0.2, -0.15) is 0 Å². The molecule has 0 aromatic heterocycles. The lowest BCUT2D eigenvalue weighted by atomic mass is 9.96. The van der Waals surface area contributed by atoms with Gasteiger partial charge in [0.1, 0.15) is 5.75 Å². The second kappa shape index (κ2) is 7.92. The number of halogens is 1. The van der Waals surface area contributed by atoms with Crippen LogP contribution in [-0.2, 0) is 4.79 Å². The van der Waals surface area contributed by atoms with Crippen molar-refractivity contribution in [3.05, 3.63) is 62.7 Å². The summed E-state index contributed by atoms with van der Waals surface area (Å²) < 4.78 is 5.62. The molecule has 0 aliphatic carbocycles. The van der Waals surface area contributed by atoms with Gasteiger partial charge in [0, 0.05) is 5.02 Å². The largest absolute Gasteiger partial charge is 0.484 e. The first kappa shape index (κ1) is 19.3. The maximum absolute atomic E-state index is 12.2. The molecule has 2 rings (SSSR count). The zero-order valence-corrected chi connectivity index (χ0v) is 16.5. The van der Waals surface area contributed by atoms with E-state index in [1.54, 1.807) is 0 Å². The van der Waals surface area contributed by atoms with E-state index < -0.39 is 0 Å². The third kappa shape index (κ3) is 4.76. The summed E-state index contributed by atoms with van der Waals surface area (Å²) in [5.41, 5.74) is 6.68. The molecule has 25 heavy (non-hydrogen) atoms. The summed E-state index contributed by atoms with van der Waals surface area (Å²) in [6.45, 7) is 12.1. The summed E-state index contributed by atoms with van der Waals surface area (Å²) in [6, 6.07) is 7.92. The fourth-order valence-corrected chi connectivity index (χ4v) is 3.06. The molecule has 134 valence electrons. The molecule has 4 heteroatoms. The summed E-state index contributed by atoms with van der Waals surface area (Å²) in [5.74, 6) is 0.514. The summed E-state index contributed by atoms with van der Waals surface area (Å²) >= 11 is 6.15. The lowest BCUT2D eigenvalue weighted by Crippen LogP contribution is -2.31. The average molecular weight is 360 g/mol. The lowest BCUT2D eigenvalue weighted by Gasteiger charge is -2.19. The number of amides is 1. The van der Waals surface area contributed by atoms with Gasteiger partial charge in [0.15, 0.2) is 6.61 Å². The van der Waals surface area contributed by atoms with Crippen molar-refractivity contribution in [2.75, 3.05) is 6.61 Å². The Labute approximate surface area is 155 Å². The Kier molecular flexibility index (Phi) is 6.12. The summed E-state index contributed by atoms with van der Waals surface area (Å²) in [7, 11) is 0. The highest BCUT2D eigenvalue weighted by Crippen LogP contribution is 2.26. The van der Waals surface area contributed by atoms with Gasteiger partial charge < -0.3 is 10.1 Å². The highest BCUT2D eigenvalue weighted by Gasteiger charge is 2.14. The van der Waals surface area contributed by atoms with E-state index in [4.69, 9.17) is 16.3 Å². The fourth-order valence-electron chi connectivity index (χ4n) is 2.95. The van der Waals surface area contributed by atoms with Gasteiger partial charge in [0.05, 0.1) is 6.04 Å². The number of hydrogen-bond donors (Lipinski definition) is 1. The van der Waals surface area contributed by atoms with E-state index >= 15 is 0 Å². The van der Waals surface area contributed by atoms with Crippen molar-refractivity contribution in [1.29, 1.82) is 0 Å². The van der Waals surface area contributed by atoms with Gasteiger partial charge in [-0.15, -0.1) is 0 Å². The van der Waals surface area contributed by atoms with Crippen LogP contribution >= 0.6 is 11.6 Å². The highest BCUT2D eigenvalue weighted by atomic mass is 35.5. The van der Waals surface area contributed by atoms with E-state index in [1.165, 1.54) is 16.7 Å². The molecule has 0 saturated carbocycles. The molecule has 1 atom stereocenters. The topological polar surface area (TPSA) is 38.3 Å². The van der Waals surface area contributed by atoms with Crippen molar-refractivity contribution in [1.82, 2.24) is 5.32 Å². The van der Waals surface area contributed by atoms with E-state index in [1.807, 2.05) is 32.9 Å². The number of hydrogen-bond acceptors (Lipinski definition) is 2. The van der Waals surface area contributed by atoms with Gasteiger partial charge in [-0.1, -0.05) is 23.7 Å². The average Bonchev–Trinajstić information content (AvgIpc) is 2.53. The first-order chi connectivity index (χ1) is 11.7. The van der Waals surface area contributed by atoms with Crippen LogP contribution in [0.1, 0.15) is 46.3 Å². The molecule has 0 aliphatic heterocycles. The molecule has 0 spiro atoms. The molecule has 1 N–H and O–H groups in total. The molecule has 3 nitrogen and oxygen atoms in total. The Morgan fingerprint density at radius 1 is 0.960 bits per heavy atom. The van der Waals surface area contributed by atoms with E-state index in [2.05, 4.69) is 38.2 Å². The quantitative estimate of drug-likeness (QED) is 0.802. The number of carbonyl (C=O) groups is 1. The van der Waals surface area contributed by atoms with Crippen LogP contribution in [0.5, 0.6) is 5.75 Å². The predicted octanol–water partition coefficient (Wildman–Crippen LogP) is 5.14. The third-order valence-corrected chi connectivity index (χ3v) is 5.10. The molecular weight excluding hydrogens is 334 g/mol. The Hall–Kier alpha value is -2.00. The molecule has 2 aromatic carbocycles. The first-order valence-electron chi connectivity index (χ1n) is 8.45. The van der Waals surface area contributed by atoms with E-state index in [-0.39, 0.29) is 18.6 Å². The summed E-state index contributed by atoms with van der Waals surface area (Å²) in [6.07, 6.45) is 0. The second-order valence-electron chi connectivity index (χ2n) is 6.74. The maximum atomic E-state index is 12.2. The van der Waals surface area contributed by atoms with Crippen molar-refractivity contribution in [2.45, 2.75) is 47.6 Å². The number of carbonyl (C=O) groups excluding carboxylic acids is 1. The van der Waals surface area contributed by atoms with Crippen molar-refractivity contribution >= 4 is 17.5 Å². The van der Waals surface area contributed by atoms with E-state index in [9.17, 15) is 4.79 Å². The zero-order chi connectivity index (χ0) is 18.7. The van der Waals surface area contributed by atoms with Crippen LogP contribution < -0.4 is 10.1 Å². The summed E-state index contributed by atoms with van der Waals surface area (Å²) in [5, 5.41) is 3.74. The molecule has 0 saturated heterocycles. The molecular formula is C21H26ClNO2. The Bertz CT molecular complexity index is 776. The molecule has 0 bridgehead atoms. The van der Waals surface area contributed by atoms with Gasteiger partial charge in [0.25, 0.3) is 5.91 Å². The van der Waals surface area contributed by atoms with Crippen LogP contribution in [0.4, 0.5) is 0 Å². The van der Waals surface area contributed by atoms with Gasteiger partial charge in [-0.25, -0.2) is 0 Å². The first-order valence-corrected chi connectivity index (χ1v) is 8.83. The number of nitrogens with one attached hydrogen (secondary N) is 1. The van der Waals surface area contributed by atoms with Crippen LogP contribution in [0.3, 0.4) is 0 Å². The van der Waals surface area contributed by atoms with E-state index in [0.717, 1.165) is 21.7 Å². The van der Waals surface area contributed by atoms with Crippen LogP contribution in [0.2, 0.25) is 5.02 Å². The highest BCUT2D eigenvalue weighted by molar-refractivity contribution is 6.32. The fraction of sp³-hybridized carbons (Fsp3) is 0.381. The maximum Gasteiger partial charge on any atom is 0.258 e. The van der Waals surface area contributed by atoms with Gasteiger partial charge in [0.2, 0.25) is 0 Å². The normalized spacial score (nSPS) is 12.0. The molecule has 1 unspecified atom stereocenters. The van der Waals surface area contributed by atoms with E-state index in [0.29, 0.717) is 5.75 Å². The zero-order valence-electron chi connectivity index (χ0n) is 15.8. The van der Waals surface area contributed by atoms with Crippen LogP contribution in [0.15, 0.2) is 24.3 Å². The molecule has 1 amide bonds. The SMILES string of the molecule is Cc1cc(C)c(C(C)NC(=O)COc2cc(C)c(Cl)c(C)c2)cc1C. The van der Waals surface area contributed by atoms with Crippen molar-refractivity contribution in [3.8, 4) is 5.75 Å². The van der Waals surface area contributed by atoms with Gasteiger partial charge in [-0.05, 0) is 87.1 Å². The Morgan fingerprint density at radius 2 is 1.52 bits per heavy atom. The monoisotopic (exact) mass is 359 g/mol. The summed E-state index contributed by atoms with van der Waals surface area (Å²) in [4.78, 5) is 12.2. The van der Waals surface area contributed by atoms with Gasteiger partial charge >= 0.3 is 0 Å². The molecule has 0 fully saturated rings. The molecule has 0 heterocycles. The number of aryl methyl sites for hydroxylation is 5. The number of rotatable bonds is 5. The van der Waals surface area contributed by atoms with Crippen LogP contribution in [0.25, 0.3) is 0 Å². The second-order valence-corrected chi connectivity index (χ2v) is 7.12.